The first kappa shape index (κ1) is 25.7. The molecule has 0 saturated heterocycles. The number of rotatable bonds is 2. The van der Waals surface area contributed by atoms with Crippen LogP contribution in [0.25, 0.3) is 11.1 Å². The number of carbonyl (C=O) groups excluding carboxylic acids is 1. The van der Waals surface area contributed by atoms with Crippen molar-refractivity contribution in [2.24, 2.45) is 0 Å². The standard InChI is InChI=1S/C34H32BBrO/c1-32(2,3)21-7-11-23(12-8-21)34(24-13-9-22(10-14-24)33(4,5)6)30-19-25(35)15-17-28(30)27-18-16-26(36)20-29(27)31(34)37/h7-20H,1-6H3. The summed E-state index contributed by atoms with van der Waals surface area (Å²) in [5.74, 6) is 0.0638. The van der Waals surface area contributed by atoms with E-state index < -0.39 is 5.41 Å². The molecule has 0 aromatic heterocycles. The van der Waals surface area contributed by atoms with Crippen molar-refractivity contribution in [3.05, 3.63) is 123 Å². The second-order valence-electron chi connectivity index (χ2n) is 12.2. The Kier molecular flexibility index (Phi) is 6.15. The van der Waals surface area contributed by atoms with E-state index in [4.69, 9.17) is 7.85 Å². The second-order valence-corrected chi connectivity index (χ2v) is 13.1. The summed E-state index contributed by atoms with van der Waals surface area (Å²) in [5, 5.41) is 0. The van der Waals surface area contributed by atoms with Gasteiger partial charge in [0.25, 0.3) is 0 Å². The zero-order valence-electron chi connectivity index (χ0n) is 22.4. The van der Waals surface area contributed by atoms with E-state index in [2.05, 4.69) is 112 Å². The Hall–Kier alpha value is -2.91. The quantitative estimate of drug-likeness (QED) is 0.232. The first-order valence-corrected chi connectivity index (χ1v) is 13.6. The molecule has 0 heterocycles. The monoisotopic (exact) mass is 546 g/mol. The Labute approximate surface area is 230 Å². The van der Waals surface area contributed by atoms with Crippen LogP contribution in [0.2, 0.25) is 0 Å². The number of hydrogen-bond acceptors (Lipinski definition) is 1. The Morgan fingerprint density at radius 2 is 1.11 bits per heavy atom. The van der Waals surface area contributed by atoms with Crippen LogP contribution in [0, 0.1) is 0 Å². The zero-order valence-corrected chi connectivity index (χ0v) is 24.0. The fourth-order valence-electron chi connectivity index (χ4n) is 5.55. The van der Waals surface area contributed by atoms with Crippen LogP contribution < -0.4 is 5.46 Å². The average Bonchev–Trinajstić information content (AvgIpc) is 2.84. The maximum absolute atomic E-state index is 14.9. The average molecular weight is 547 g/mol. The van der Waals surface area contributed by atoms with E-state index in [9.17, 15) is 4.79 Å². The molecular weight excluding hydrogens is 515 g/mol. The zero-order chi connectivity index (χ0) is 26.8. The minimum atomic E-state index is -1.02. The fraction of sp³-hybridized carbons (Fsp3) is 0.265. The van der Waals surface area contributed by atoms with Gasteiger partial charge in [-0.3, -0.25) is 4.79 Å². The van der Waals surface area contributed by atoms with E-state index in [1.807, 2.05) is 30.3 Å². The van der Waals surface area contributed by atoms with Crippen LogP contribution in [0.15, 0.2) is 89.4 Å². The highest BCUT2D eigenvalue weighted by Crippen LogP contribution is 2.51. The minimum Gasteiger partial charge on any atom is -0.292 e. The van der Waals surface area contributed by atoms with Crippen molar-refractivity contribution in [2.75, 3.05) is 0 Å². The molecule has 0 atom stereocenters. The molecule has 1 nitrogen and oxygen atoms in total. The molecule has 4 aromatic rings. The number of benzene rings is 4. The number of fused-ring (bicyclic) bond motifs is 3. The van der Waals surface area contributed by atoms with Gasteiger partial charge in [-0.2, -0.15) is 0 Å². The number of halogens is 1. The van der Waals surface area contributed by atoms with Crippen LogP contribution in [-0.2, 0) is 16.2 Å². The lowest BCUT2D eigenvalue weighted by Gasteiger charge is -2.40. The highest BCUT2D eigenvalue weighted by atomic mass is 79.9. The molecule has 184 valence electrons. The summed E-state index contributed by atoms with van der Waals surface area (Å²) in [7, 11) is 6.39. The van der Waals surface area contributed by atoms with E-state index in [-0.39, 0.29) is 16.6 Å². The SMILES string of the molecule is [B]c1ccc2c(c1)C(c1ccc(C(C)(C)C)cc1)(c1ccc(C(C)(C)C)cc1)C(=O)c1cc(Br)ccc1-2. The predicted octanol–water partition coefficient (Wildman–Crippen LogP) is 8.04. The van der Waals surface area contributed by atoms with E-state index in [0.29, 0.717) is 11.0 Å². The van der Waals surface area contributed by atoms with Crippen molar-refractivity contribution in [3.8, 4) is 11.1 Å². The topological polar surface area (TPSA) is 17.1 Å². The van der Waals surface area contributed by atoms with Crippen LogP contribution in [0.3, 0.4) is 0 Å². The lowest BCUT2D eigenvalue weighted by atomic mass is 9.59. The highest BCUT2D eigenvalue weighted by Gasteiger charge is 2.49. The smallest absolute Gasteiger partial charge is 0.182 e. The van der Waals surface area contributed by atoms with Gasteiger partial charge in [-0.15, -0.1) is 0 Å². The Morgan fingerprint density at radius 3 is 1.59 bits per heavy atom. The second kappa shape index (κ2) is 8.84. The summed E-state index contributed by atoms with van der Waals surface area (Å²) >= 11 is 3.61. The third-order valence-electron chi connectivity index (χ3n) is 7.67. The predicted molar refractivity (Wildman–Crippen MR) is 159 cm³/mol. The molecule has 1 aliphatic rings. The summed E-state index contributed by atoms with van der Waals surface area (Å²) in [6.45, 7) is 13.2. The van der Waals surface area contributed by atoms with Crippen LogP contribution in [0.4, 0.5) is 0 Å². The molecule has 0 bridgehead atoms. The molecule has 4 aromatic carbocycles. The summed E-state index contributed by atoms with van der Waals surface area (Å²) in [5.41, 5.74) is 7.63. The van der Waals surface area contributed by atoms with Crippen molar-refractivity contribution in [1.29, 1.82) is 0 Å². The Morgan fingerprint density at radius 1 is 0.622 bits per heavy atom. The van der Waals surface area contributed by atoms with Crippen LogP contribution in [-0.4, -0.2) is 13.6 Å². The van der Waals surface area contributed by atoms with E-state index in [1.54, 1.807) is 0 Å². The highest BCUT2D eigenvalue weighted by molar-refractivity contribution is 9.10. The van der Waals surface area contributed by atoms with Gasteiger partial charge in [-0.25, -0.2) is 0 Å². The van der Waals surface area contributed by atoms with Gasteiger partial charge in [0, 0.05) is 10.0 Å². The molecular formula is C34H32BBrO. The van der Waals surface area contributed by atoms with Crippen molar-refractivity contribution in [3.63, 3.8) is 0 Å². The Balaban J connectivity index is 1.88. The summed E-state index contributed by atoms with van der Waals surface area (Å²) in [6, 6.07) is 29.1. The van der Waals surface area contributed by atoms with Crippen molar-refractivity contribution >= 4 is 35.0 Å². The van der Waals surface area contributed by atoms with E-state index in [0.717, 1.165) is 32.3 Å². The number of hydrogen-bond donors (Lipinski definition) is 0. The minimum absolute atomic E-state index is 0.0103. The van der Waals surface area contributed by atoms with Gasteiger partial charge in [0.15, 0.2) is 5.78 Å². The van der Waals surface area contributed by atoms with Gasteiger partial charge in [-0.1, -0.05) is 136 Å². The largest absolute Gasteiger partial charge is 0.292 e. The van der Waals surface area contributed by atoms with Gasteiger partial charge in [0.05, 0.1) is 0 Å². The number of carbonyl (C=O) groups is 1. The number of Topliss-reactive ketones (excluding diaryl/α,β-unsaturated/α-hetero) is 1. The van der Waals surface area contributed by atoms with Crippen LogP contribution >= 0.6 is 15.9 Å². The van der Waals surface area contributed by atoms with Crippen LogP contribution in [0.1, 0.15) is 79.7 Å². The Bertz CT molecular complexity index is 1440. The summed E-state index contributed by atoms with van der Waals surface area (Å²) in [6.07, 6.45) is 0. The van der Waals surface area contributed by atoms with Gasteiger partial charge in [0.1, 0.15) is 13.3 Å². The maximum atomic E-state index is 14.9. The van der Waals surface area contributed by atoms with E-state index >= 15 is 0 Å². The van der Waals surface area contributed by atoms with Gasteiger partial charge >= 0.3 is 0 Å². The molecule has 0 aliphatic heterocycles. The lowest BCUT2D eigenvalue weighted by Crippen LogP contribution is -2.42. The third kappa shape index (κ3) is 4.22. The molecule has 1 aliphatic carbocycles. The van der Waals surface area contributed by atoms with Crippen molar-refractivity contribution < 1.29 is 4.79 Å². The van der Waals surface area contributed by atoms with Gasteiger partial charge in [0.2, 0.25) is 0 Å². The molecule has 0 fully saturated rings. The molecule has 0 spiro atoms. The fourth-order valence-corrected chi connectivity index (χ4v) is 5.91. The normalized spacial score (nSPS) is 14.7. The molecule has 0 unspecified atom stereocenters. The van der Waals surface area contributed by atoms with Gasteiger partial charge < -0.3 is 0 Å². The van der Waals surface area contributed by atoms with E-state index in [1.165, 1.54) is 11.1 Å². The molecule has 5 rings (SSSR count). The van der Waals surface area contributed by atoms with Gasteiger partial charge in [-0.05, 0) is 61.9 Å². The number of ketones is 1. The first-order chi connectivity index (χ1) is 17.3. The summed E-state index contributed by atoms with van der Waals surface area (Å²) < 4.78 is 0.888. The van der Waals surface area contributed by atoms with Crippen molar-refractivity contribution in [1.82, 2.24) is 0 Å². The molecule has 2 radical (unpaired) electrons. The lowest BCUT2D eigenvalue weighted by molar-refractivity contribution is 0.0933. The molecule has 3 heteroatoms. The molecule has 0 saturated carbocycles. The maximum Gasteiger partial charge on any atom is 0.182 e. The van der Waals surface area contributed by atoms with Crippen LogP contribution in [0.5, 0.6) is 0 Å². The molecule has 0 amide bonds. The molecule has 0 N–H and O–H groups in total. The van der Waals surface area contributed by atoms with Crippen molar-refractivity contribution in [2.45, 2.75) is 57.8 Å². The summed E-state index contributed by atoms with van der Waals surface area (Å²) in [4.78, 5) is 14.9. The third-order valence-corrected chi connectivity index (χ3v) is 8.17. The first-order valence-electron chi connectivity index (χ1n) is 12.8. The molecule has 37 heavy (non-hydrogen) atoms.